The first kappa shape index (κ1) is 15.5. The van der Waals surface area contributed by atoms with E-state index in [1.807, 2.05) is 6.92 Å². The van der Waals surface area contributed by atoms with Crippen molar-refractivity contribution in [3.05, 3.63) is 41.6 Å². The Kier molecular flexibility index (Phi) is 4.64. The Labute approximate surface area is 124 Å². The standard InChI is InChI=1S/C14H18N2O4S/c1-4-19-12-5-7-13(8-6-12)21(17,18)15-9-14-10(2)16-11(3)20-14/h5-8,15H,4,9H2,1-3H3. The Morgan fingerprint density at radius 3 is 2.43 bits per heavy atom. The molecule has 0 radical (unpaired) electrons. The number of aryl methyl sites for hydroxylation is 2. The van der Waals surface area contributed by atoms with Crippen molar-refractivity contribution in [2.75, 3.05) is 6.61 Å². The lowest BCUT2D eigenvalue weighted by atomic mass is 10.3. The maximum atomic E-state index is 12.2. The summed E-state index contributed by atoms with van der Waals surface area (Å²) in [6.45, 7) is 5.97. The summed E-state index contributed by atoms with van der Waals surface area (Å²) in [5, 5.41) is 0. The van der Waals surface area contributed by atoms with Crippen LogP contribution in [0.1, 0.15) is 24.3 Å². The molecule has 21 heavy (non-hydrogen) atoms. The van der Waals surface area contributed by atoms with Crippen LogP contribution in [0.15, 0.2) is 33.6 Å². The highest BCUT2D eigenvalue weighted by molar-refractivity contribution is 7.89. The van der Waals surface area contributed by atoms with Crippen molar-refractivity contribution in [3.63, 3.8) is 0 Å². The minimum absolute atomic E-state index is 0.0716. The van der Waals surface area contributed by atoms with Crippen molar-refractivity contribution >= 4 is 10.0 Å². The monoisotopic (exact) mass is 310 g/mol. The number of ether oxygens (including phenoxy) is 1. The van der Waals surface area contributed by atoms with Gasteiger partial charge in [-0.2, -0.15) is 0 Å². The number of hydrogen-bond acceptors (Lipinski definition) is 5. The second kappa shape index (κ2) is 6.28. The van der Waals surface area contributed by atoms with Gasteiger partial charge < -0.3 is 9.15 Å². The van der Waals surface area contributed by atoms with Crippen LogP contribution in [0.5, 0.6) is 5.75 Å². The third kappa shape index (κ3) is 3.83. The molecule has 6 nitrogen and oxygen atoms in total. The van der Waals surface area contributed by atoms with E-state index in [4.69, 9.17) is 9.15 Å². The molecule has 2 aromatic rings. The van der Waals surface area contributed by atoms with Crippen LogP contribution >= 0.6 is 0 Å². The van der Waals surface area contributed by atoms with Crippen molar-refractivity contribution in [1.82, 2.24) is 9.71 Å². The van der Waals surface area contributed by atoms with E-state index in [9.17, 15) is 8.42 Å². The molecule has 0 aliphatic heterocycles. The molecule has 0 saturated heterocycles. The van der Waals surface area contributed by atoms with E-state index in [1.54, 1.807) is 26.0 Å². The summed E-state index contributed by atoms with van der Waals surface area (Å²) in [6, 6.07) is 6.27. The molecule has 0 fully saturated rings. The second-order valence-corrected chi connectivity index (χ2v) is 6.24. The molecular formula is C14H18N2O4S. The zero-order valence-electron chi connectivity index (χ0n) is 12.2. The summed E-state index contributed by atoms with van der Waals surface area (Å²) < 4.78 is 37.5. The maximum absolute atomic E-state index is 12.2. The topological polar surface area (TPSA) is 81.4 Å². The lowest BCUT2D eigenvalue weighted by molar-refractivity contribution is 0.340. The number of aromatic nitrogens is 1. The first-order valence-electron chi connectivity index (χ1n) is 6.58. The number of nitrogens with one attached hydrogen (secondary N) is 1. The van der Waals surface area contributed by atoms with E-state index in [0.29, 0.717) is 29.7 Å². The van der Waals surface area contributed by atoms with Crippen LogP contribution in [0, 0.1) is 13.8 Å². The van der Waals surface area contributed by atoms with E-state index in [0.717, 1.165) is 0 Å². The van der Waals surface area contributed by atoms with Gasteiger partial charge >= 0.3 is 0 Å². The van der Waals surface area contributed by atoms with Gasteiger partial charge in [0.25, 0.3) is 0 Å². The number of hydrogen-bond donors (Lipinski definition) is 1. The first-order chi connectivity index (χ1) is 9.92. The summed E-state index contributed by atoms with van der Waals surface area (Å²) in [7, 11) is -3.59. The van der Waals surface area contributed by atoms with Gasteiger partial charge in [0.2, 0.25) is 10.0 Å². The maximum Gasteiger partial charge on any atom is 0.240 e. The highest BCUT2D eigenvalue weighted by Gasteiger charge is 2.16. The molecule has 0 aliphatic rings. The van der Waals surface area contributed by atoms with Crippen molar-refractivity contribution in [3.8, 4) is 5.75 Å². The van der Waals surface area contributed by atoms with Gasteiger partial charge in [-0.1, -0.05) is 0 Å². The van der Waals surface area contributed by atoms with E-state index in [1.165, 1.54) is 12.1 Å². The molecule has 2 rings (SSSR count). The molecule has 0 atom stereocenters. The minimum Gasteiger partial charge on any atom is -0.494 e. The summed E-state index contributed by atoms with van der Waals surface area (Å²) in [5.74, 6) is 1.67. The van der Waals surface area contributed by atoms with Gasteiger partial charge in [-0.25, -0.2) is 18.1 Å². The molecule has 7 heteroatoms. The van der Waals surface area contributed by atoms with E-state index < -0.39 is 10.0 Å². The van der Waals surface area contributed by atoms with Gasteiger partial charge in [-0.15, -0.1) is 0 Å². The number of oxazole rings is 1. The summed E-state index contributed by atoms with van der Waals surface area (Å²) >= 11 is 0. The lowest BCUT2D eigenvalue weighted by Gasteiger charge is -2.07. The quantitative estimate of drug-likeness (QED) is 0.884. The second-order valence-electron chi connectivity index (χ2n) is 4.47. The Bertz CT molecular complexity index is 705. The van der Waals surface area contributed by atoms with Gasteiger partial charge in [0.1, 0.15) is 11.5 Å². The highest BCUT2D eigenvalue weighted by atomic mass is 32.2. The van der Waals surface area contributed by atoms with Crippen molar-refractivity contribution in [2.45, 2.75) is 32.2 Å². The normalized spacial score (nSPS) is 11.6. The summed E-state index contributed by atoms with van der Waals surface area (Å²) in [5.41, 5.74) is 0.682. The zero-order chi connectivity index (χ0) is 15.5. The molecule has 1 heterocycles. The van der Waals surface area contributed by atoms with Crippen molar-refractivity contribution in [1.29, 1.82) is 0 Å². The largest absolute Gasteiger partial charge is 0.494 e. The van der Waals surface area contributed by atoms with Gasteiger partial charge in [-0.3, -0.25) is 0 Å². The van der Waals surface area contributed by atoms with Crippen LogP contribution in [0.3, 0.4) is 0 Å². The minimum atomic E-state index is -3.59. The Morgan fingerprint density at radius 1 is 1.24 bits per heavy atom. The Balaban J connectivity index is 2.09. The fourth-order valence-corrected chi connectivity index (χ4v) is 2.85. The first-order valence-corrected chi connectivity index (χ1v) is 8.06. The summed E-state index contributed by atoms with van der Waals surface area (Å²) in [6.07, 6.45) is 0. The summed E-state index contributed by atoms with van der Waals surface area (Å²) in [4.78, 5) is 4.28. The molecule has 1 aromatic carbocycles. The molecule has 114 valence electrons. The van der Waals surface area contributed by atoms with Crippen molar-refractivity contribution < 1.29 is 17.6 Å². The Morgan fingerprint density at radius 2 is 1.90 bits per heavy atom. The zero-order valence-corrected chi connectivity index (χ0v) is 13.0. The average molecular weight is 310 g/mol. The number of nitrogens with zero attached hydrogens (tertiary/aromatic N) is 1. The number of sulfonamides is 1. The molecule has 0 unspecified atom stereocenters. The van der Waals surface area contributed by atoms with Crippen molar-refractivity contribution in [2.24, 2.45) is 0 Å². The van der Waals surface area contributed by atoms with E-state index >= 15 is 0 Å². The number of benzene rings is 1. The van der Waals surface area contributed by atoms with Crippen LogP contribution < -0.4 is 9.46 Å². The van der Waals surface area contributed by atoms with Crippen LogP contribution in [0.4, 0.5) is 0 Å². The fourth-order valence-electron chi connectivity index (χ4n) is 1.86. The molecular weight excluding hydrogens is 292 g/mol. The highest BCUT2D eigenvalue weighted by Crippen LogP contribution is 2.17. The van der Waals surface area contributed by atoms with E-state index in [-0.39, 0.29) is 11.4 Å². The molecule has 0 aliphatic carbocycles. The van der Waals surface area contributed by atoms with Crippen LogP contribution in [-0.4, -0.2) is 20.0 Å². The molecule has 0 bridgehead atoms. The van der Waals surface area contributed by atoms with Gasteiger partial charge in [-0.05, 0) is 38.1 Å². The molecule has 1 aromatic heterocycles. The molecule has 1 N–H and O–H groups in total. The third-order valence-corrected chi connectivity index (χ3v) is 4.28. The predicted molar refractivity (Wildman–Crippen MR) is 77.6 cm³/mol. The molecule has 0 amide bonds. The Hall–Kier alpha value is -1.86. The van der Waals surface area contributed by atoms with Gasteiger partial charge in [0.05, 0.1) is 23.7 Å². The van der Waals surface area contributed by atoms with E-state index in [2.05, 4.69) is 9.71 Å². The van der Waals surface area contributed by atoms with Crippen LogP contribution in [-0.2, 0) is 16.6 Å². The SMILES string of the molecule is CCOc1ccc(S(=O)(=O)NCc2oc(C)nc2C)cc1. The number of rotatable bonds is 6. The smallest absolute Gasteiger partial charge is 0.240 e. The van der Waals surface area contributed by atoms with Crippen LogP contribution in [0.25, 0.3) is 0 Å². The third-order valence-electron chi connectivity index (χ3n) is 2.87. The van der Waals surface area contributed by atoms with Gasteiger partial charge in [0.15, 0.2) is 5.89 Å². The molecule has 0 spiro atoms. The van der Waals surface area contributed by atoms with Crippen LogP contribution in [0.2, 0.25) is 0 Å². The fraction of sp³-hybridized carbons (Fsp3) is 0.357. The average Bonchev–Trinajstić information content (AvgIpc) is 2.76. The predicted octanol–water partition coefficient (Wildman–Crippen LogP) is 2.17. The lowest BCUT2D eigenvalue weighted by Crippen LogP contribution is -2.23. The molecule has 0 saturated carbocycles. The van der Waals surface area contributed by atoms with Gasteiger partial charge in [0, 0.05) is 6.92 Å².